The Hall–Kier alpha value is -2.82. The number of esters is 1. The summed E-state index contributed by atoms with van der Waals surface area (Å²) in [4.78, 5) is 23.4. The van der Waals surface area contributed by atoms with Crippen LogP contribution in [-0.4, -0.2) is 32.6 Å². The van der Waals surface area contributed by atoms with E-state index in [-0.39, 0.29) is 24.8 Å². The average molecular weight is 327 g/mol. The molecule has 1 amide bonds. The maximum absolute atomic E-state index is 12.2. The molecular weight excluding hydrogens is 306 g/mol. The number of methoxy groups -OCH3 is 2. The molecule has 0 aliphatic heterocycles. The van der Waals surface area contributed by atoms with E-state index in [9.17, 15) is 9.59 Å². The summed E-state index contributed by atoms with van der Waals surface area (Å²) in [5, 5.41) is 2.59. The first-order chi connectivity index (χ1) is 11.6. The molecular formula is C19H21NO4. The Morgan fingerprint density at radius 2 is 1.58 bits per heavy atom. The lowest BCUT2D eigenvalue weighted by Crippen LogP contribution is -2.31. The van der Waals surface area contributed by atoms with Gasteiger partial charge in [0.15, 0.2) is 0 Å². The average Bonchev–Trinajstić information content (AvgIpc) is 2.65. The van der Waals surface area contributed by atoms with Gasteiger partial charge in [-0.2, -0.15) is 0 Å². The van der Waals surface area contributed by atoms with E-state index in [4.69, 9.17) is 4.74 Å². The third-order valence-electron chi connectivity index (χ3n) is 3.77. The second-order valence-corrected chi connectivity index (χ2v) is 5.29. The zero-order chi connectivity index (χ0) is 17.4. The summed E-state index contributed by atoms with van der Waals surface area (Å²) in [6.45, 7) is -0.126. The third kappa shape index (κ3) is 4.84. The Kier molecular flexibility index (Phi) is 6.37. The molecule has 0 unspecified atom stereocenters. The van der Waals surface area contributed by atoms with Crippen LogP contribution in [0.3, 0.4) is 0 Å². The van der Waals surface area contributed by atoms with Crippen molar-refractivity contribution in [3.05, 3.63) is 65.7 Å². The van der Waals surface area contributed by atoms with Gasteiger partial charge in [-0.3, -0.25) is 9.59 Å². The predicted molar refractivity (Wildman–Crippen MR) is 90.9 cm³/mol. The van der Waals surface area contributed by atoms with Crippen molar-refractivity contribution in [1.82, 2.24) is 5.32 Å². The summed E-state index contributed by atoms with van der Waals surface area (Å²) >= 11 is 0. The Bertz CT molecular complexity index is 668. The van der Waals surface area contributed by atoms with Crippen molar-refractivity contribution in [2.75, 3.05) is 20.8 Å². The molecule has 0 spiro atoms. The summed E-state index contributed by atoms with van der Waals surface area (Å²) in [6.07, 6.45) is 0.243. The first-order valence-electron chi connectivity index (χ1n) is 7.66. The lowest BCUT2D eigenvalue weighted by atomic mass is 9.88. The maximum Gasteiger partial charge on any atom is 0.325 e. The molecule has 0 saturated heterocycles. The summed E-state index contributed by atoms with van der Waals surface area (Å²) in [5.74, 6) is -0.00964. The Labute approximate surface area is 141 Å². The molecule has 0 saturated carbocycles. The molecule has 24 heavy (non-hydrogen) atoms. The fraction of sp³-hybridized carbons (Fsp3) is 0.263. The molecule has 0 bridgehead atoms. The number of amides is 1. The highest BCUT2D eigenvalue weighted by Crippen LogP contribution is 2.29. The van der Waals surface area contributed by atoms with Gasteiger partial charge in [-0.25, -0.2) is 0 Å². The van der Waals surface area contributed by atoms with E-state index in [0.29, 0.717) is 0 Å². The molecule has 0 aromatic heterocycles. The van der Waals surface area contributed by atoms with Crippen molar-refractivity contribution in [1.29, 1.82) is 0 Å². The molecule has 5 nitrogen and oxygen atoms in total. The summed E-state index contributed by atoms with van der Waals surface area (Å²) in [7, 11) is 2.91. The van der Waals surface area contributed by atoms with Crippen LogP contribution >= 0.6 is 0 Å². The highest BCUT2D eigenvalue weighted by Gasteiger charge is 2.18. The minimum atomic E-state index is -0.468. The smallest absolute Gasteiger partial charge is 0.325 e. The van der Waals surface area contributed by atoms with Crippen molar-refractivity contribution in [2.24, 2.45) is 0 Å². The largest absolute Gasteiger partial charge is 0.497 e. The second-order valence-electron chi connectivity index (χ2n) is 5.29. The predicted octanol–water partition coefficient (Wildman–Crippen LogP) is 2.51. The van der Waals surface area contributed by atoms with Crippen LogP contribution in [0, 0.1) is 0 Å². The molecule has 1 atom stereocenters. The van der Waals surface area contributed by atoms with Gasteiger partial charge in [-0.15, -0.1) is 0 Å². The first kappa shape index (κ1) is 17.5. The summed E-state index contributed by atoms with van der Waals surface area (Å²) < 4.78 is 9.72. The maximum atomic E-state index is 12.2. The highest BCUT2D eigenvalue weighted by molar-refractivity contribution is 5.82. The molecule has 1 N–H and O–H groups in total. The minimum absolute atomic E-state index is 0.102. The van der Waals surface area contributed by atoms with E-state index >= 15 is 0 Å². The fourth-order valence-corrected chi connectivity index (χ4v) is 2.45. The molecule has 0 aliphatic rings. The number of carbonyl (C=O) groups is 2. The van der Waals surface area contributed by atoms with Crippen LogP contribution < -0.4 is 10.1 Å². The van der Waals surface area contributed by atoms with Crippen molar-refractivity contribution >= 4 is 11.9 Å². The van der Waals surface area contributed by atoms with Crippen molar-refractivity contribution < 1.29 is 19.1 Å². The Balaban J connectivity index is 2.17. The minimum Gasteiger partial charge on any atom is -0.497 e. The number of ether oxygens (including phenoxy) is 2. The zero-order valence-electron chi connectivity index (χ0n) is 13.8. The fourth-order valence-electron chi connectivity index (χ4n) is 2.45. The standard InChI is InChI=1S/C19H21NO4/c1-23-16-10-8-15(9-11-16)17(14-6-4-3-5-7-14)12-18(21)20-13-19(22)24-2/h3-11,17H,12-13H2,1-2H3,(H,20,21)/t17-/m1/s1. The van der Waals surface area contributed by atoms with Crippen LogP contribution in [0.5, 0.6) is 5.75 Å². The Morgan fingerprint density at radius 3 is 2.17 bits per heavy atom. The first-order valence-corrected chi connectivity index (χ1v) is 7.66. The van der Waals surface area contributed by atoms with E-state index in [1.54, 1.807) is 7.11 Å². The molecule has 2 aromatic rings. The van der Waals surface area contributed by atoms with Crippen LogP contribution in [0.4, 0.5) is 0 Å². The summed E-state index contributed by atoms with van der Waals surface area (Å²) in [6, 6.07) is 17.4. The molecule has 126 valence electrons. The van der Waals surface area contributed by atoms with Crippen molar-refractivity contribution in [3.8, 4) is 5.75 Å². The van der Waals surface area contributed by atoms with Crippen molar-refractivity contribution in [3.63, 3.8) is 0 Å². The monoisotopic (exact) mass is 327 g/mol. The van der Waals surface area contributed by atoms with Gasteiger partial charge in [0.2, 0.25) is 5.91 Å². The van der Waals surface area contributed by atoms with Gasteiger partial charge >= 0.3 is 5.97 Å². The van der Waals surface area contributed by atoms with Gasteiger partial charge in [0.1, 0.15) is 12.3 Å². The van der Waals surface area contributed by atoms with E-state index in [1.807, 2.05) is 54.6 Å². The number of nitrogens with one attached hydrogen (secondary N) is 1. The number of carbonyl (C=O) groups excluding carboxylic acids is 2. The lowest BCUT2D eigenvalue weighted by molar-refractivity contribution is -0.141. The van der Waals surface area contributed by atoms with Crippen LogP contribution in [-0.2, 0) is 14.3 Å². The quantitative estimate of drug-likeness (QED) is 0.794. The normalized spacial score (nSPS) is 11.4. The van der Waals surface area contributed by atoms with E-state index < -0.39 is 5.97 Å². The van der Waals surface area contributed by atoms with E-state index in [2.05, 4.69) is 10.1 Å². The SMILES string of the molecule is COC(=O)CNC(=O)C[C@H](c1ccccc1)c1ccc(OC)cc1. The molecule has 0 fully saturated rings. The molecule has 0 aliphatic carbocycles. The molecule has 0 heterocycles. The number of hydrogen-bond acceptors (Lipinski definition) is 4. The van der Waals surface area contributed by atoms with Gasteiger partial charge in [0, 0.05) is 12.3 Å². The van der Waals surface area contributed by atoms with Gasteiger partial charge < -0.3 is 14.8 Å². The zero-order valence-corrected chi connectivity index (χ0v) is 13.8. The van der Waals surface area contributed by atoms with Crippen LogP contribution in [0.15, 0.2) is 54.6 Å². The second kappa shape index (κ2) is 8.72. The lowest BCUT2D eigenvalue weighted by Gasteiger charge is -2.18. The Morgan fingerprint density at radius 1 is 0.958 bits per heavy atom. The number of benzene rings is 2. The van der Waals surface area contributed by atoms with Gasteiger partial charge in [0.25, 0.3) is 0 Å². The summed E-state index contributed by atoms with van der Waals surface area (Å²) in [5.41, 5.74) is 2.05. The third-order valence-corrected chi connectivity index (χ3v) is 3.77. The van der Waals surface area contributed by atoms with Crippen LogP contribution in [0.1, 0.15) is 23.5 Å². The topological polar surface area (TPSA) is 64.6 Å². The van der Waals surface area contributed by atoms with Crippen molar-refractivity contribution in [2.45, 2.75) is 12.3 Å². The number of rotatable bonds is 7. The highest BCUT2D eigenvalue weighted by atomic mass is 16.5. The van der Waals surface area contributed by atoms with Gasteiger partial charge in [0.05, 0.1) is 14.2 Å². The van der Waals surface area contributed by atoms with Crippen LogP contribution in [0.25, 0.3) is 0 Å². The molecule has 2 aromatic carbocycles. The van der Waals surface area contributed by atoms with E-state index in [0.717, 1.165) is 16.9 Å². The van der Waals surface area contributed by atoms with Crippen LogP contribution in [0.2, 0.25) is 0 Å². The van der Waals surface area contributed by atoms with Gasteiger partial charge in [-0.1, -0.05) is 42.5 Å². The van der Waals surface area contributed by atoms with Gasteiger partial charge in [-0.05, 0) is 23.3 Å². The molecule has 0 radical (unpaired) electrons. The molecule has 5 heteroatoms. The van der Waals surface area contributed by atoms with E-state index in [1.165, 1.54) is 7.11 Å². The molecule has 2 rings (SSSR count). The number of hydrogen-bond donors (Lipinski definition) is 1.